The van der Waals surface area contributed by atoms with E-state index in [9.17, 15) is 9.59 Å². The molecule has 0 bridgehead atoms. The van der Waals surface area contributed by atoms with Crippen LogP contribution in [0.2, 0.25) is 0 Å². The highest BCUT2D eigenvalue weighted by atomic mass is 32.1. The van der Waals surface area contributed by atoms with Crippen LogP contribution < -0.4 is 10.9 Å². The third-order valence-electron chi connectivity index (χ3n) is 2.06. The van der Waals surface area contributed by atoms with E-state index in [1.54, 1.807) is 18.2 Å². The van der Waals surface area contributed by atoms with Crippen LogP contribution in [0, 0.1) is 0 Å². The third-order valence-corrected chi connectivity index (χ3v) is 2.98. The van der Waals surface area contributed by atoms with Gasteiger partial charge in [-0.05, 0) is 24.5 Å². The monoisotopic (exact) mass is 293 g/mol. The molecule has 0 saturated heterocycles. The first kappa shape index (κ1) is 15.8. The number of ether oxygens (including phenoxy) is 1. The molecule has 0 aliphatic rings. The molecule has 0 amide bonds. The first-order valence-electron chi connectivity index (χ1n) is 5.77. The molecule has 0 N–H and O–H groups in total. The summed E-state index contributed by atoms with van der Waals surface area (Å²) in [6, 6.07) is 1.19. The quantitative estimate of drug-likeness (QED) is 0.465. The van der Waals surface area contributed by atoms with Crippen LogP contribution in [-0.4, -0.2) is 29.9 Å². The lowest BCUT2D eigenvalue weighted by Crippen LogP contribution is -2.33. The highest BCUT2D eigenvalue weighted by Gasteiger charge is 2.10. The molecule has 106 valence electrons. The Hall–Kier alpha value is -2.28. The van der Waals surface area contributed by atoms with Gasteiger partial charge in [0, 0.05) is 12.3 Å². The minimum atomic E-state index is -0.586. The molecule has 0 saturated carbocycles. The van der Waals surface area contributed by atoms with Gasteiger partial charge in [0.1, 0.15) is 4.88 Å². The lowest BCUT2D eigenvalue weighted by molar-refractivity contribution is 0.0605. The Labute approximate surface area is 120 Å². The predicted octanol–water partition coefficient (Wildman–Crippen LogP) is 1.19. The van der Waals surface area contributed by atoms with Crippen LogP contribution in [0.1, 0.15) is 16.6 Å². The van der Waals surface area contributed by atoms with Gasteiger partial charge < -0.3 is 4.74 Å². The summed E-state index contributed by atoms with van der Waals surface area (Å²) in [4.78, 5) is 27.7. The summed E-state index contributed by atoms with van der Waals surface area (Å²) in [5, 5.41) is 4.07. The average Bonchev–Trinajstić information content (AvgIpc) is 2.45. The van der Waals surface area contributed by atoms with Crippen LogP contribution in [0.15, 0.2) is 45.8 Å². The lowest BCUT2D eigenvalue weighted by atomic mass is 10.4. The minimum absolute atomic E-state index is 0.142. The van der Waals surface area contributed by atoms with Gasteiger partial charge in [-0.3, -0.25) is 9.79 Å². The molecule has 0 atom stereocenters. The average molecular weight is 293 g/mol. The number of nitrogens with zero attached hydrogens (tertiary/aromatic N) is 3. The molecular weight excluding hydrogens is 278 g/mol. The van der Waals surface area contributed by atoms with Gasteiger partial charge in [-0.2, -0.15) is 9.17 Å². The van der Waals surface area contributed by atoms with Crippen molar-refractivity contribution < 1.29 is 9.53 Å². The van der Waals surface area contributed by atoms with E-state index < -0.39 is 11.4 Å². The first-order chi connectivity index (χ1) is 9.63. The predicted molar refractivity (Wildman–Crippen MR) is 79.2 cm³/mol. The van der Waals surface area contributed by atoms with Crippen LogP contribution in [-0.2, 0) is 4.74 Å². The van der Waals surface area contributed by atoms with Crippen molar-refractivity contribution in [1.82, 2.24) is 4.07 Å². The van der Waals surface area contributed by atoms with Gasteiger partial charge in [0.2, 0.25) is 10.9 Å². The van der Waals surface area contributed by atoms with Crippen molar-refractivity contribution in [3.63, 3.8) is 0 Å². The van der Waals surface area contributed by atoms with E-state index in [0.29, 0.717) is 6.54 Å². The van der Waals surface area contributed by atoms with E-state index in [1.165, 1.54) is 23.5 Å². The third kappa shape index (κ3) is 4.13. The van der Waals surface area contributed by atoms with Gasteiger partial charge in [0.05, 0.1) is 13.7 Å². The first-order valence-corrected chi connectivity index (χ1v) is 6.54. The van der Waals surface area contributed by atoms with Crippen molar-refractivity contribution in [2.75, 3.05) is 13.7 Å². The Balaban J connectivity index is 3.47. The minimum Gasteiger partial charge on any atom is -0.465 e. The van der Waals surface area contributed by atoms with Crippen LogP contribution in [0.3, 0.4) is 0 Å². The van der Waals surface area contributed by atoms with Gasteiger partial charge in [0.15, 0.2) is 0 Å². The summed E-state index contributed by atoms with van der Waals surface area (Å²) < 4.78 is 5.89. The van der Waals surface area contributed by atoms with Gasteiger partial charge in [-0.1, -0.05) is 12.2 Å². The van der Waals surface area contributed by atoms with E-state index in [0.717, 1.165) is 11.5 Å². The Kier molecular flexibility index (Phi) is 6.31. The number of rotatable bonds is 5. The normalized spacial score (nSPS) is 12.2. The fraction of sp³-hybridized carbons (Fsp3) is 0.231. The summed E-state index contributed by atoms with van der Waals surface area (Å²) >= 11 is 0.979. The molecule has 0 aliphatic heterocycles. The Bertz CT molecular complexity index is 668. The summed E-state index contributed by atoms with van der Waals surface area (Å²) in [6.07, 6.45) is 6.56. The van der Waals surface area contributed by atoms with E-state index in [1.807, 2.05) is 6.92 Å². The Morgan fingerprint density at radius 2 is 2.35 bits per heavy atom. The fourth-order valence-electron chi connectivity index (χ4n) is 1.19. The van der Waals surface area contributed by atoms with Gasteiger partial charge in [-0.25, -0.2) is 4.79 Å². The second kappa shape index (κ2) is 8.00. The van der Waals surface area contributed by atoms with Gasteiger partial charge in [-0.15, -0.1) is 6.58 Å². The van der Waals surface area contributed by atoms with Gasteiger partial charge >= 0.3 is 5.97 Å². The molecular formula is C13H15N3O3S. The number of hydrogen-bond acceptors (Lipinski definition) is 6. The lowest BCUT2D eigenvalue weighted by Gasteiger charge is -2.01. The number of aromatic nitrogens is 1. The molecule has 20 heavy (non-hydrogen) atoms. The molecule has 1 aromatic heterocycles. The molecule has 1 heterocycles. The summed E-state index contributed by atoms with van der Waals surface area (Å²) in [7, 11) is 1.25. The number of carbonyl (C=O) groups is 1. The van der Waals surface area contributed by atoms with Crippen molar-refractivity contribution in [3.8, 4) is 0 Å². The molecule has 1 rings (SSSR count). The van der Waals surface area contributed by atoms with Crippen molar-refractivity contribution >= 4 is 23.7 Å². The summed E-state index contributed by atoms with van der Waals surface area (Å²) in [6.45, 7) is 5.67. The molecule has 1 aromatic rings. The Morgan fingerprint density at radius 1 is 1.60 bits per heavy atom. The van der Waals surface area contributed by atoms with Gasteiger partial charge in [0.25, 0.3) is 0 Å². The SMILES string of the molecule is C=CCN=c1c(=O)cc(C(=O)OC)sn1/N=C/C=C/C. The van der Waals surface area contributed by atoms with Crippen LogP contribution in [0.25, 0.3) is 0 Å². The van der Waals surface area contributed by atoms with E-state index in [2.05, 4.69) is 21.4 Å². The van der Waals surface area contributed by atoms with Crippen molar-refractivity contribution in [2.45, 2.75) is 6.92 Å². The number of allylic oxidation sites excluding steroid dienone is 2. The van der Waals surface area contributed by atoms with Crippen molar-refractivity contribution in [3.05, 3.63) is 51.5 Å². The number of hydrogen-bond donors (Lipinski definition) is 0. The van der Waals surface area contributed by atoms with Crippen LogP contribution in [0.5, 0.6) is 0 Å². The number of carbonyl (C=O) groups excluding carboxylic acids is 1. The molecule has 0 fully saturated rings. The number of esters is 1. The highest BCUT2D eigenvalue weighted by Crippen LogP contribution is 2.04. The van der Waals surface area contributed by atoms with Crippen molar-refractivity contribution in [1.29, 1.82) is 0 Å². The molecule has 0 spiro atoms. The molecule has 6 nitrogen and oxygen atoms in total. The van der Waals surface area contributed by atoms with E-state index in [-0.39, 0.29) is 10.4 Å². The molecule has 7 heteroatoms. The smallest absolute Gasteiger partial charge is 0.349 e. The van der Waals surface area contributed by atoms with Crippen LogP contribution >= 0.6 is 11.5 Å². The highest BCUT2D eigenvalue weighted by molar-refractivity contribution is 7.08. The summed E-state index contributed by atoms with van der Waals surface area (Å²) in [5.74, 6) is -0.586. The molecule has 0 aliphatic carbocycles. The molecule has 0 unspecified atom stereocenters. The van der Waals surface area contributed by atoms with Crippen LogP contribution in [0.4, 0.5) is 0 Å². The number of methoxy groups -OCH3 is 1. The summed E-state index contributed by atoms with van der Waals surface area (Å²) in [5.41, 5.74) is -0.257. The largest absolute Gasteiger partial charge is 0.465 e. The zero-order chi connectivity index (χ0) is 15.0. The second-order valence-electron chi connectivity index (χ2n) is 3.47. The molecule has 0 aromatic carbocycles. The van der Waals surface area contributed by atoms with Crippen molar-refractivity contribution in [2.24, 2.45) is 10.1 Å². The maximum Gasteiger partial charge on any atom is 0.349 e. The standard InChI is InChI=1S/C13H15N3O3S/c1-4-6-8-15-16-12(14-7-5-2)10(17)9-11(20-16)13(18)19-3/h4-6,8-9H,2,7H2,1,3H3/b6-4+,14-12?,15-8+. The fourth-order valence-corrected chi connectivity index (χ4v) is 2.03. The Morgan fingerprint density at radius 3 is 2.95 bits per heavy atom. The van der Waals surface area contributed by atoms with E-state index in [4.69, 9.17) is 0 Å². The second-order valence-corrected chi connectivity index (χ2v) is 4.44. The maximum absolute atomic E-state index is 12.0. The maximum atomic E-state index is 12.0. The zero-order valence-corrected chi connectivity index (χ0v) is 12.1. The van der Waals surface area contributed by atoms with E-state index >= 15 is 0 Å². The molecule has 0 radical (unpaired) electrons. The zero-order valence-electron chi connectivity index (χ0n) is 11.3. The topological polar surface area (TPSA) is 73.0 Å².